The summed E-state index contributed by atoms with van der Waals surface area (Å²) in [6.45, 7) is 0. The Balaban J connectivity index is 2.03. The van der Waals surface area contributed by atoms with E-state index in [0.717, 1.165) is 25.7 Å². The Kier molecular flexibility index (Phi) is 2.54. The molecule has 1 saturated carbocycles. The van der Waals surface area contributed by atoms with Crippen LogP contribution in [0.15, 0.2) is 4.63 Å². The molecule has 0 radical (unpaired) electrons. The summed E-state index contributed by atoms with van der Waals surface area (Å²) in [6, 6.07) is 2.39. The monoisotopic (exact) mass is 283 g/mol. The lowest BCUT2D eigenvalue weighted by Gasteiger charge is -2.24. The first-order chi connectivity index (χ1) is 10.3. The Morgan fingerprint density at radius 3 is 2.57 bits per heavy atom. The van der Waals surface area contributed by atoms with Crippen LogP contribution in [0.4, 0.5) is 5.82 Å². The minimum Gasteiger partial charge on any atom is -0.384 e. The molecule has 0 unspecified atom stereocenters. The molecule has 0 amide bonds. The largest absolute Gasteiger partial charge is 0.384 e. The molecule has 0 bridgehead atoms. The Bertz CT molecular complexity index is 866. The predicted octanol–water partition coefficient (Wildman–Crippen LogP) is 1.93. The maximum Gasteiger partial charge on any atom is 0.245 e. The van der Waals surface area contributed by atoms with Crippen LogP contribution in [-0.2, 0) is 0 Å². The second kappa shape index (κ2) is 4.41. The summed E-state index contributed by atoms with van der Waals surface area (Å²) in [5, 5.41) is 16.8. The maximum atomic E-state index is 9.38. The van der Waals surface area contributed by atoms with E-state index in [-0.39, 0.29) is 6.04 Å². The van der Waals surface area contributed by atoms with Crippen LogP contribution >= 0.6 is 0 Å². The smallest absolute Gasteiger partial charge is 0.245 e. The van der Waals surface area contributed by atoms with Crippen LogP contribution in [-0.4, -0.2) is 24.8 Å². The Hall–Kier alpha value is -2.69. The van der Waals surface area contributed by atoms with E-state index in [1.54, 1.807) is 0 Å². The third-order valence-corrected chi connectivity index (χ3v) is 4.13. The van der Waals surface area contributed by atoms with Crippen LogP contribution in [0.1, 0.15) is 43.7 Å². The van der Waals surface area contributed by atoms with Crippen LogP contribution in [0.2, 0.25) is 0 Å². The third-order valence-electron chi connectivity index (χ3n) is 4.13. The van der Waals surface area contributed by atoms with Crippen molar-refractivity contribution in [3.05, 3.63) is 5.56 Å². The van der Waals surface area contributed by atoms with E-state index in [1.165, 1.54) is 6.42 Å². The highest BCUT2D eigenvalue weighted by molar-refractivity contribution is 5.90. The molecule has 2 N–H and O–H groups in total. The van der Waals surface area contributed by atoms with Crippen LogP contribution in [0.3, 0.4) is 0 Å². The molecule has 8 nitrogen and oxygen atoms in total. The van der Waals surface area contributed by atoms with E-state index in [4.69, 9.17) is 5.73 Å². The average Bonchev–Trinajstić information content (AvgIpc) is 3.06. The SMILES string of the molecule is N#Cc1c(N)n(C2CCCCC2)c2nc3nonc3nc12. The molecule has 3 heterocycles. The number of aromatic nitrogens is 5. The summed E-state index contributed by atoms with van der Waals surface area (Å²) in [6.07, 6.45) is 5.63. The summed E-state index contributed by atoms with van der Waals surface area (Å²) in [5.74, 6) is 0.434. The van der Waals surface area contributed by atoms with Crippen molar-refractivity contribution in [1.82, 2.24) is 24.8 Å². The lowest BCUT2D eigenvalue weighted by molar-refractivity contribution is 0.314. The van der Waals surface area contributed by atoms with Gasteiger partial charge in [-0.1, -0.05) is 19.3 Å². The molecule has 1 aliphatic carbocycles. The van der Waals surface area contributed by atoms with Gasteiger partial charge in [-0.05, 0) is 23.2 Å². The molecule has 8 heteroatoms. The van der Waals surface area contributed by atoms with Crippen molar-refractivity contribution in [1.29, 1.82) is 5.26 Å². The number of nitrogens with zero attached hydrogens (tertiary/aromatic N) is 6. The Morgan fingerprint density at radius 2 is 1.86 bits per heavy atom. The highest BCUT2D eigenvalue weighted by Crippen LogP contribution is 2.36. The molecule has 0 atom stereocenters. The summed E-state index contributed by atoms with van der Waals surface area (Å²) in [7, 11) is 0. The van der Waals surface area contributed by atoms with Gasteiger partial charge in [0.15, 0.2) is 5.65 Å². The fraction of sp³-hybridized carbons (Fsp3) is 0.462. The lowest BCUT2D eigenvalue weighted by atomic mass is 9.95. The van der Waals surface area contributed by atoms with Crippen LogP contribution in [0.5, 0.6) is 0 Å². The minimum absolute atomic E-state index is 0.259. The van der Waals surface area contributed by atoms with Gasteiger partial charge in [0.05, 0.1) is 0 Å². The molecule has 21 heavy (non-hydrogen) atoms. The molecule has 106 valence electrons. The topological polar surface area (TPSA) is 119 Å². The van der Waals surface area contributed by atoms with Crippen LogP contribution < -0.4 is 5.73 Å². The molecule has 0 aromatic carbocycles. The highest BCUT2D eigenvalue weighted by Gasteiger charge is 2.25. The number of nitrogens with two attached hydrogens (primary N) is 1. The van der Waals surface area contributed by atoms with E-state index in [1.807, 2.05) is 4.57 Å². The second-order valence-corrected chi connectivity index (χ2v) is 5.34. The fourth-order valence-corrected chi connectivity index (χ4v) is 3.14. The van der Waals surface area contributed by atoms with E-state index in [9.17, 15) is 5.26 Å². The van der Waals surface area contributed by atoms with Gasteiger partial charge >= 0.3 is 0 Å². The zero-order chi connectivity index (χ0) is 14.4. The summed E-state index contributed by atoms with van der Waals surface area (Å²) in [4.78, 5) is 8.78. The number of nitrogen functional groups attached to an aromatic ring is 1. The maximum absolute atomic E-state index is 9.38. The van der Waals surface area contributed by atoms with Crippen molar-refractivity contribution in [2.24, 2.45) is 0 Å². The molecule has 0 aliphatic heterocycles. The van der Waals surface area contributed by atoms with Crippen LogP contribution in [0.25, 0.3) is 22.5 Å². The van der Waals surface area contributed by atoms with Gasteiger partial charge in [-0.2, -0.15) is 5.26 Å². The zero-order valence-electron chi connectivity index (χ0n) is 11.3. The minimum atomic E-state index is 0.259. The zero-order valence-corrected chi connectivity index (χ0v) is 11.3. The molecule has 0 saturated heterocycles. The number of anilines is 1. The number of fused-ring (bicyclic) bond motifs is 2. The summed E-state index contributed by atoms with van der Waals surface area (Å²) in [5.41, 5.74) is 8.24. The van der Waals surface area contributed by atoms with Gasteiger partial charge in [0.2, 0.25) is 11.3 Å². The van der Waals surface area contributed by atoms with Crippen molar-refractivity contribution >= 4 is 28.3 Å². The number of nitriles is 1. The normalized spacial score (nSPS) is 16.5. The first-order valence-corrected chi connectivity index (χ1v) is 6.99. The van der Waals surface area contributed by atoms with Crippen molar-refractivity contribution < 1.29 is 4.63 Å². The number of hydrogen-bond acceptors (Lipinski definition) is 7. The molecule has 0 spiro atoms. The third kappa shape index (κ3) is 1.67. The number of rotatable bonds is 1. The molecule has 1 fully saturated rings. The second-order valence-electron chi connectivity index (χ2n) is 5.34. The lowest BCUT2D eigenvalue weighted by Crippen LogP contribution is -2.15. The van der Waals surface area contributed by atoms with E-state index in [2.05, 4.69) is 31.0 Å². The van der Waals surface area contributed by atoms with Crippen molar-refractivity contribution in [2.75, 3.05) is 5.73 Å². The Labute approximate surface area is 119 Å². The quantitative estimate of drug-likeness (QED) is 0.724. The standard InChI is InChI=1S/C13H13N7O/c14-6-8-9-13(17-12-11(16-9)18-21-19-12)20(10(8)15)7-4-2-1-3-5-7/h7H,1-5,15H2. The van der Waals surface area contributed by atoms with Gasteiger partial charge in [0.25, 0.3) is 0 Å². The molecular formula is C13H13N7O. The molecule has 1 aliphatic rings. The van der Waals surface area contributed by atoms with Gasteiger partial charge < -0.3 is 10.3 Å². The van der Waals surface area contributed by atoms with Crippen molar-refractivity contribution in [2.45, 2.75) is 38.1 Å². The molecule has 3 aromatic heterocycles. The van der Waals surface area contributed by atoms with Crippen molar-refractivity contribution in [3.8, 4) is 6.07 Å². The summed E-state index contributed by atoms with van der Waals surface area (Å²) >= 11 is 0. The first kappa shape index (κ1) is 12.1. The number of hydrogen-bond donors (Lipinski definition) is 1. The molecule has 3 aromatic rings. The van der Waals surface area contributed by atoms with Gasteiger partial charge in [0, 0.05) is 6.04 Å². The van der Waals surface area contributed by atoms with E-state index >= 15 is 0 Å². The van der Waals surface area contributed by atoms with Crippen molar-refractivity contribution in [3.63, 3.8) is 0 Å². The highest BCUT2D eigenvalue weighted by atomic mass is 16.6. The van der Waals surface area contributed by atoms with Crippen LogP contribution in [0, 0.1) is 11.3 Å². The molecule has 4 rings (SSSR count). The molecular weight excluding hydrogens is 270 g/mol. The van der Waals surface area contributed by atoms with E-state index < -0.39 is 0 Å². The van der Waals surface area contributed by atoms with Gasteiger partial charge in [-0.3, -0.25) is 0 Å². The van der Waals surface area contributed by atoms with Gasteiger partial charge in [-0.15, -0.1) is 0 Å². The van der Waals surface area contributed by atoms with Gasteiger partial charge in [-0.25, -0.2) is 14.6 Å². The van der Waals surface area contributed by atoms with Gasteiger partial charge in [0.1, 0.15) is 23.0 Å². The average molecular weight is 283 g/mol. The summed E-state index contributed by atoms with van der Waals surface area (Å²) < 4.78 is 6.58. The fourth-order valence-electron chi connectivity index (χ4n) is 3.14. The Morgan fingerprint density at radius 1 is 1.14 bits per heavy atom. The van der Waals surface area contributed by atoms with E-state index in [0.29, 0.717) is 33.8 Å². The predicted molar refractivity (Wildman–Crippen MR) is 74.1 cm³/mol. The first-order valence-electron chi connectivity index (χ1n) is 6.99.